The Morgan fingerprint density at radius 2 is 2.19 bits per heavy atom. The Labute approximate surface area is 103 Å². The Kier molecular flexibility index (Phi) is 2.71. The molecule has 1 aromatic heterocycles. The van der Waals surface area contributed by atoms with Crippen molar-refractivity contribution in [3.05, 3.63) is 34.2 Å². The fourth-order valence-corrected chi connectivity index (χ4v) is 4.09. The molecule has 1 aromatic carbocycles. The van der Waals surface area contributed by atoms with Gasteiger partial charge in [-0.1, -0.05) is 18.2 Å². The summed E-state index contributed by atoms with van der Waals surface area (Å²) >= 11 is 3.71. The molecule has 2 nitrogen and oxygen atoms in total. The topological polar surface area (TPSA) is 38.9 Å². The van der Waals surface area contributed by atoms with Crippen LogP contribution < -0.4 is 5.73 Å². The van der Waals surface area contributed by atoms with Gasteiger partial charge in [-0.05, 0) is 12.6 Å². The molecule has 3 rings (SSSR count). The van der Waals surface area contributed by atoms with Crippen LogP contribution in [-0.4, -0.2) is 11.5 Å². The second kappa shape index (κ2) is 4.20. The summed E-state index contributed by atoms with van der Waals surface area (Å²) in [6, 6.07) is 8.50. The van der Waals surface area contributed by atoms with Gasteiger partial charge in [0.2, 0.25) is 0 Å². The molecule has 1 aliphatic rings. The van der Waals surface area contributed by atoms with Crippen molar-refractivity contribution < 1.29 is 0 Å². The van der Waals surface area contributed by atoms with Gasteiger partial charge in [0.1, 0.15) is 0 Å². The number of fused-ring (bicyclic) bond motifs is 3. The molecule has 2 aromatic rings. The van der Waals surface area contributed by atoms with Crippen LogP contribution in [0.3, 0.4) is 0 Å². The summed E-state index contributed by atoms with van der Waals surface area (Å²) in [6.45, 7) is 0.682. The van der Waals surface area contributed by atoms with Gasteiger partial charge in [-0.2, -0.15) is 0 Å². The van der Waals surface area contributed by atoms with Crippen LogP contribution >= 0.6 is 23.1 Å². The van der Waals surface area contributed by atoms with Crippen LogP contribution in [0.4, 0.5) is 0 Å². The van der Waals surface area contributed by atoms with Crippen LogP contribution in [0.2, 0.25) is 0 Å². The minimum absolute atomic E-state index is 0.682. The van der Waals surface area contributed by atoms with E-state index in [0.717, 1.165) is 12.2 Å². The second-order valence-corrected chi connectivity index (χ2v) is 5.89. The predicted octanol–water partition coefficient (Wildman–Crippen LogP) is 2.92. The molecule has 0 atom stereocenters. The van der Waals surface area contributed by atoms with Crippen LogP contribution in [0, 0.1) is 0 Å². The number of nitrogens with two attached hydrogens (primary N) is 1. The van der Waals surface area contributed by atoms with E-state index in [9.17, 15) is 0 Å². The summed E-state index contributed by atoms with van der Waals surface area (Å²) in [6.07, 6.45) is 0.893. The standard InChI is InChI=1S/C12H12N2S2/c13-6-5-11-14-12-8-3-1-2-4-9(8)15-7-10(12)16-11/h1-4H,5-7,13H2. The molecular weight excluding hydrogens is 236 g/mol. The largest absolute Gasteiger partial charge is 0.330 e. The molecular formula is C12H12N2S2. The molecule has 4 heteroatoms. The number of hydrogen-bond acceptors (Lipinski definition) is 4. The maximum Gasteiger partial charge on any atom is 0.0948 e. The van der Waals surface area contributed by atoms with E-state index in [1.165, 1.54) is 26.0 Å². The van der Waals surface area contributed by atoms with Crippen molar-refractivity contribution in [1.82, 2.24) is 4.98 Å². The third kappa shape index (κ3) is 1.67. The molecule has 0 bridgehead atoms. The second-order valence-electron chi connectivity index (χ2n) is 3.70. The zero-order valence-corrected chi connectivity index (χ0v) is 10.4. The minimum Gasteiger partial charge on any atom is -0.330 e. The summed E-state index contributed by atoms with van der Waals surface area (Å²) in [5.74, 6) is 1.05. The molecule has 1 aliphatic heterocycles. The monoisotopic (exact) mass is 248 g/mol. The highest BCUT2D eigenvalue weighted by Gasteiger charge is 2.20. The van der Waals surface area contributed by atoms with Crippen molar-refractivity contribution in [2.75, 3.05) is 6.54 Å². The molecule has 2 heterocycles. The quantitative estimate of drug-likeness (QED) is 0.888. The highest BCUT2D eigenvalue weighted by molar-refractivity contribution is 7.98. The van der Waals surface area contributed by atoms with Crippen LogP contribution in [-0.2, 0) is 12.2 Å². The number of rotatable bonds is 2. The smallest absolute Gasteiger partial charge is 0.0948 e. The normalized spacial score (nSPS) is 13.3. The van der Waals surface area contributed by atoms with Crippen molar-refractivity contribution in [3.63, 3.8) is 0 Å². The lowest BCUT2D eigenvalue weighted by molar-refractivity contribution is 0.953. The first kappa shape index (κ1) is 10.3. The van der Waals surface area contributed by atoms with E-state index in [0.29, 0.717) is 6.54 Å². The van der Waals surface area contributed by atoms with E-state index in [-0.39, 0.29) is 0 Å². The van der Waals surface area contributed by atoms with Crippen molar-refractivity contribution in [2.24, 2.45) is 5.73 Å². The van der Waals surface area contributed by atoms with Crippen LogP contribution in [0.1, 0.15) is 9.88 Å². The highest BCUT2D eigenvalue weighted by atomic mass is 32.2. The van der Waals surface area contributed by atoms with Crippen LogP contribution in [0.5, 0.6) is 0 Å². The number of nitrogens with zero attached hydrogens (tertiary/aromatic N) is 1. The Morgan fingerprint density at radius 3 is 3.06 bits per heavy atom. The molecule has 0 saturated heterocycles. The summed E-state index contributed by atoms with van der Waals surface area (Å²) in [5.41, 5.74) is 8.04. The van der Waals surface area contributed by atoms with Gasteiger partial charge in [0.05, 0.1) is 10.7 Å². The molecule has 0 fully saturated rings. The number of aromatic nitrogens is 1. The van der Waals surface area contributed by atoms with E-state index in [1.807, 2.05) is 23.1 Å². The van der Waals surface area contributed by atoms with Crippen molar-refractivity contribution in [1.29, 1.82) is 0 Å². The Balaban J connectivity index is 2.09. The first-order chi connectivity index (χ1) is 7.88. The van der Waals surface area contributed by atoms with Gasteiger partial charge in [-0.15, -0.1) is 23.1 Å². The predicted molar refractivity (Wildman–Crippen MR) is 69.9 cm³/mol. The third-order valence-corrected chi connectivity index (χ3v) is 5.00. The number of thiazole rings is 1. The summed E-state index contributed by atoms with van der Waals surface area (Å²) in [5, 5.41) is 1.17. The molecule has 16 heavy (non-hydrogen) atoms. The SMILES string of the molecule is NCCc1nc2c(s1)CSc1ccccc1-2. The zero-order valence-electron chi connectivity index (χ0n) is 8.77. The van der Waals surface area contributed by atoms with Gasteiger partial charge in [0.15, 0.2) is 0 Å². The average molecular weight is 248 g/mol. The number of hydrogen-bond donors (Lipinski definition) is 1. The van der Waals surface area contributed by atoms with Gasteiger partial charge in [-0.25, -0.2) is 4.98 Å². The maximum atomic E-state index is 5.57. The summed E-state index contributed by atoms with van der Waals surface area (Å²) < 4.78 is 0. The summed E-state index contributed by atoms with van der Waals surface area (Å²) in [7, 11) is 0. The van der Waals surface area contributed by atoms with E-state index >= 15 is 0 Å². The zero-order chi connectivity index (χ0) is 11.0. The first-order valence-electron chi connectivity index (χ1n) is 5.29. The van der Waals surface area contributed by atoms with Crippen LogP contribution in [0.25, 0.3) is 11.3 Å². The first-order valence-corrected chi connectivity index (χ1v) is 7.09. The van der Waals surface area contributed by atoms with Gasteiger partial charge >= 0.3 is 0 Å². The fraction of sp³-hybridized carbons (Fsp3) is 0.250. The van der Waals surface area contributed by atoms with E-state index < -0.39 is 0 Å². The molecule has 0 saturated carbocycles. The molecule has 0 aliphatic carbocycles. The van der Waals surface area contributed by atoms with Gasteiger partial charge < -0.3 is 5.73 Å². The summed E-state index contributed by atoms with van der Waals surface area (Å²) in [4.78, 5) is 7.45. The molecule has 2 N–H and O–H groups in total. The Morgan fingerprint density at radius 1 is 1.31 bits per heavy atom. The van der Waals surface area contributed by atoms with Gasteiger partial charge in [0.25, 0.3) is 0 Å². The van der Waals surface area contributed by atoms with E-state index in [2.05, 4.69) is 24.3 Å². The molecule has 82 valence electrons. The maximum absolute atomic E-state index is 5.57. The Hall–Kier alpha value is -0.840. The van der Waals surface area contributed by atoms with E-state index in [1.54, 1.807) is 0 Å². The lowest BCUT2D eigenvalue weighted by atomic mass is 10.1. The molecule has 0 unspecified atom stereocenters. The van der Waals surface area contributed by atoms with Crippen molar-refractivity contribution in [2.45, 2.75) is 17.1 Å². The van der Waals surface area contributed by atoms with Gasteiger partial charge in [0, 0.05) is 27.5 Å². The average Bonchev–Trinajstić information content (AvgIpc) is 2.72. The van der Waals surface area contributed by atoms with Gasteiger partial charge in [-0.3, -0.25) is 0 Å². The van der Waals surface area contributed by atoms with Crippen LogP contribution in [0.15, 0.2) is 29.2 Å². The molecule has 0 amide bonds. The Bertz CT molecular complexity index is 519. The highest BCUT2D eigenvalue weighted by Crippen LogP contribution is 2.43. The van der Waals surface area contributed by atoms with E-state index in [4.69, 9.17) is 10.7 Å². The van der Waals surface area contributed by atoms with Crippen molar-refractivity contribution >= 4 is 23.1 Å². The lowest BCUT2D eigenvalue weighted by Gasteiger charge is -2.13. The lowest BCUT2D eigenvalue weighted by Crippen LogP contribution is -2.02. The third-order valence-electron chi connectivity index (χ3n) is 2.60. The molecule has 0 radical (unpaired) electrons. The van der Waals surface area contributed by atoms with Crippen molar-refractivity contribution in [3.8, 4) is 11.3 Å². The fourth-order valence-electron chi connectivity index (χ4n) is 1.87. The molecule has 0 spiro atoms. The minimum atomic E-state index is 0.682. The number of thioether (sulfide) groups is 1. The number of benzene rings is 1.